The lowest BCUT2D eigenvalue weighted by Gasteiger charge is -2.38. The van der Waals surface area contributed by atoms with Crippen LogP contribution in [0.25, 0.3) is 0 Å². The average molecular weight is 281 g/mol. The summed E-state index contributed by atoms with van der Waals surface area (Å²) in [6, 6.07) is 4.14. The van der Waals surface area contributed by atoms with E-state index in [0.717, 1.165) is 0 Å². The van der Waals surface area contributed by atoms with Gasteiger partial charge in [0.15, 0.2) is 4.33 Å². The number of alkyl halides is 2. The van der Waals surface area contributed by atoms with Crippen LogP contribution in [0.15, 0.2) is 23.2 Å². The summed E-state index contributed by atoms with van der Waals surface area (Å²) in [7, 11) is 0. The standard InChI is InChI=1S/C11H9Cl3FN/c1-10(2)11(13,14)8-5-6(15)3-4-7(8)9(12)16-10/h3-5H,1-2H3. The molecule has 0 saturated carbocycles. The van der Waals surface area contributed by atoms with Gasteiger partial charge in [0.05, 0.1) is 5.54 Å². The normalized spacial score (nSPS) is 21.2. The summed E-state index contributed by atoms with van der Waals surface area (Å²) in [6.07, 6.45) is 0. The fourth-order valence-electron chi connectivity index (χ4n) is 1.66. The number of hydrogen-bond acceptors (Lipinski definition) is 1. The smallest absolute Gasteiger partial charge is 0.168 e. The van der Waals surface area contributed by atoms with Gasteiger partial charge in [-0.3, -0.25) is 4.99 Å². The van der Waals surface area contributed by atoms with E-state index in [9.17, 15) is 4.39 Å². The van der Waals surface area contributed by atoms with Crippen molar-refractivity contribution in [3.05, 3.63) is 35.1 Å². The molecule has 0 aliphatic carbocycles. The van der Waals surface area contributed by atoms with E-state index in [1.807, 2.05) is 0 Å². The van der Waals surface area contributed by atoms with Gasteiger partial charge < -0.3 is 0 Å². The van der Waals surface area contributed by atoms with Crippen LogP contribution < -0.4 is 0 Å². The van der Waals surface area contributed by atoms with Crippen LogP contribution in [0, 0.1) is 5.82 Å². The van der Waals surface area contributed by atoms with Gasteiger partial charge in [-0.1, -0.05) is 34.8 Å². The number of benzene rings is 1. The van der Waals surface area contributed by atoms with Gasteiger partial charge in [-0.25, -0.2) is 4.39 Å². The number of rotatable bonds is 0. The number of nitrogens with zero attached hydrogens (tertiary/aromatic N) is 1. The van der Waals surface area contributed by atoms with E-state index in [0.29, 0.717) is 16.3 Å². The molecule has 1 aliphatic rings. The Balaban J connectivity index is 2.75. The van der Waals surface area contributed by atoms with Gasteiger partial charge in [0.2, 0.25) is 0 Å². The first kappa shape index (κ1) is 12.2. The van der Waals surface area contributed by atoms with Crippen molar-refractivity contribution in [2.45, 2.75) is 23.7 Å². The van der Waals surface area contributed by atoms with Gasteiger partial charge in [0.1, 0.15) is 11.0 Å². The van der Waals surface area contributed by atoms with Crippen molar-refractivity contribution in [3.63, 3.8) is 0 Å². The molecule has 1 heterocycles. The molecule has 16 heavy (non-hydrogen) atoms. The zero-order valence-corrected chi connectivity index (χ0v) is 11.0. The van der Waals surface area contributed by atoms with Crippen molar-refractivity contribution >= 4 is 40.0 Å². The van der Waals surface area contributed by atoms with Gasteiger partial charge in [-0.05, 0) is 32.0 Å². The second kappa shape index (κ2) is 3.59. The maximum absolute atomic E-state index is 13.2. The summed E-state index contributed by atoms with van der Waals surface area (Å²) in [5.41, 5.74) is 0.238. The summed E-state index contributed by atoms with van der Waals surface area (Å²) < 4.78 is 11.9. The molecule has 0 fully saturated rings. The SMILES string of the molecule is CC1(C)N=C(Cl)c2ccc(F)cc2C1(Cl)Cl. The van der Waals surface area contributed by atoms with E-state index in [4.69, 9.17) is 34.8 Å². The van der Waals surface area contributed by atoms with Gasteiger partial charge in [0, 0.05) is 11.1 Å². The maximum Gasteiger partial charge on any atom is 0.168 e. The van der Waals surface area contributed by atoms with Gasteiger partial charge in [-0.15, -0.1) is 0 Å². The third kappa shape index (κ3) is 1.64. The van der Waals surface area contributed by atoms with Crippen molar-refractivity contribution < 1.29 is 4.39 Å². The second-order valence-electron chi connectivity index (χ2n) is 4.23. The molecule has 1 aromatic rings. The van der Waals surface area contributed by atoms with Crippen molar-refractivity contribution in [1.82, 2.24) is 0 Å². The maximum atomic E-state index is 13.2. The first-order chi connectivity index (χ1) is 7.25. The van der Waals surface area contributed by atoms with Crippen LogP contribution in [0.5, 0.6) is 0 Å². The van der Waals surface area contributed by atoms with Crippen LogP contribution in [0.1, 0.15) is 25.0 Å². The Bertz CT molecular complexity index is 480. The van der Waals surface area contributed by atoms with Gasteiger partial charge in [-0.2, -0.15) is 0 Å². The zero-order valence-electron chi connectivity index (χ0n) is 8.69. The summed E-state index contributed by atoms with van der Waals surface area (Å²) in [4.78, 5) is 4.23. The van der Waals surface area contributed by atoms with Crippen LogP contribution in [0.4, 0.5) is 4.39 Å². The quantitative estimate of drug-likeness (QED) is 0.631. The molecule has 5 heteroatoms. The minimum absolute atomic E-state index is 0.303. The van der Waals surface area contributed by atoms with Crippen molar-refractivity contribution in [3.8, 4) is 0 Å². The van der Waals surface area contributed by atoms with E-state index >= 15 is 0 Å². The molecule has 0 unspecified atom stereocenters. The van der Waals surface area contributed by atoms with E-state index in [-0.39, 0.29) is 0 Å². The average Bonchev–Trinajstić information content (AvgIpc) is 2.14. The third-order valence-corrected chi connectivity index (χ3v) is 4.31. The molecule has 0 aromatic heterocycles. The Hall–Kier alpha value is -0.310. The predicted octanol–water partition coefficient (Wildman–Crippen LogP) is 4.23. The van der Waals surface area contributed by atoms with Crippen LogP contribution in [-0.2, 0) is 4.33 Å². The molecular formula is C11H9Cl3FN. The second-order valence-corrected chi connectivity index (χ2v) is 5.91. The predicted molar refractivity (Wildman–Crippen MR) is 66.3 cm³/mol. The molecule has 0 N–H and O–H groups in total. The highest BCUT2D eigenvalue weighted by Gasteiger charge is 2.48. The van der Waals surface area contributed by atoms with E-state index in [2.05, 4.69) is 4.99 Å². The Morgan fingerprint density at radius 2 is 1.88 bits per heavy atom. The molecule has 1 aromatic carbocycles. The van der Waals surface area contributed by atoms with Crippen LogP contribution >= 0.6 is 34.8 Å². The lowest BCUT2D eigenvalue weighted by molar-refractivity contribution is 0.456. The Labute approximate surface area is 108 Å². The highest BCUT2D eigenvalue weighted by Crippen LogP contribution is 2.50. The third-order valence-electron chi connectivity index (χ3n) is 2.69. The van der Waals surface area contributed by atoms with Crippen molar-refractivity contribution in [1.29, 1.82) is 0 Å². The number of aliphatic imine (C=N–C) groups is 1. The largest absolute Gasteiger partial charge is 0.263 e. The molecule has 0 amide bonds. The van der Waals surface area contributed by atoms with E-state index < -0.39 is 15.7 Å². The molecule has 0 saturated heterocycles. The molecule has 2 rings (SSSR count). The topological polar surface area (TPSA) is 12.4 Å². The lowest BCUT2D eigenvalue weighted by Crippen LogP contribution is -2.41. The van der Waals surface area contributed by atoms with E-state index in [1.165, 1.54) is 18.2 Å². The summed E-state index contributed by atoms with van der Waals surface area (Å²) >= 11 is 18.6. The fourth-order valence-corrected chi connectivity index (χ4v) is 2.43. The monoisotopic (exact) mass is 279 g/mol. The van der Waals surface area contributed by atoms with Crippen LogP contribution in [-0.4, -0.2) is 10.7 Å². The van der Waals surface area contributed by atoms with Gasteiger partial charge >= 0.3 is 0 Å². The summed E-state index contributed by atoms with van der Waals surface area (Å²) in [5.74, 6) is -0.397. The molecular weight excluding hydrogens is 271 g/mol. The molecule has 0 atom stereocenters. The fraction of sp³-hybridized carbons (Fsp3) is 0.364. The molecule has 0 bridgehead atoms. The van der Waals surface area contributed by atoms with Gasteiger partial charge in [0.25, 0.3) is 0 Å². The van der Waals surface area contributed by atoms with Crippen LogP contribution in [0.2, 0.25) is 0 Å². The highest BCUT2D eigenvalue weighted by atomic mass is 35.5. The first-order valence-corrected chi connectivity index (χ1v) is 5.83. The molecule has 1 nitrogen and oxygen atoms in total. The van der Waals surface area contributed by atoms with E-state index in [1.54, 1.807) is 13.8 Å². The van der Waals surface area contributed by atoms with Crippen molar-refractivity contribution in [2.75, 3.05) is 0 Å². The minimum atomic E-state index is -1.29. The molecule has 1 aliphatic heterocycles. The Morgan fingerprint density at radius 3 is 2.50 bits per heavy atom. The number of halogens is 4. The Kier molecular flexibility index (Phi) is 2.73. The molecule has 0 spiro atoms. The number of hydrogen-bond donors (Lipinski definition) is 0. The minimum Gasteiger partial charge on any atom is -0.263 e. The Morgan fingerprint density at radius 1 is 1.25 bits per heavy atom. The lowest BCUT2D eigenvalue weighted by atomic mass is 9.88. The molecule has 86 valence electrons. The summed E-state index contributed by atoms with van der Waals surface area (Å²) in [5, 5.41) is 0.303. The molecule has 0 radical (unpaired) electrons. The zero-order chi connectivity index (χ0) is 12.1. The summed E-state index contributed by atoms with van der Waals surface area (Å²) in [6.45, 7) is 3.51. The first-order valence-electron chi connectivity index (χ1n) is 4.69. The van der Waals surface area contributed by atoms with Crippen molar-refractivity contribution in [2.24, 2.45) is 4.99 Å². The van der Waals surface area contributed by atoms with Crippen LogP contribution in [0.3, 0.4) is 0 Å². The number of fused-ring (bicyclic) bond motifs is 1. The highest BCUT2D eigenvalue weighted by molar-refractivity contribution is 6.70.